The molecular formula is C23H22FN7OS. The highest BCUT2D eigenvalue weighted by molar-refractivity contribution is 7.20. The maximum absolute atomic E-state index is 13.2. The largest absolute Gasteiger partial charge is 0.382 e. The number of thiophene rings is 1. The van der Waals surface area contributed by atoms with Crippen molar-refractivity contribution >= 4 is 33.3 Å². The Morgan fingerprint density at radius 1 is 1.24 bits per heavy atom. The number of anilines is 1. The molecule has 3 heterocycles. The molecule has 0 aliphatic heterocycles. The van der Waals surface area contributed by atoms with Gasteiger partial charge < -0.3 is 11.1 Å². The Kier molecular flexibility index (Phi) is 6.07. The molecule has 1 amide bonds. The number of aromatic nitrogens is 4. The highest BCUT2D eigenvalue weighted by Gasteiger charge is 2.19. The third-order valence-corrected chi connectivity index (χ3v) is 6.53. The summed E-state index contributed by atoms with van der Waals surface area (Å²) in [6, 6.07) is 7.80. The SMILES string of the molecule is Cc1nc(C)c2c(C)c(C(=O)NCCCc3nn(-c4ccc(F)cc4)c(N)c3C#N)sc2n1. The number of carbonyl (C=O) groups is 1. The van der Waals surface area contributed by atoms with E-state index in [2.05, 4.69) is 26.5 Å². The number of nitriles is 1. The predicted molar refractivity (Wildman–Crippen MR) is 125 cm³/mol. The predicted octanol–water partition coefficient (Wildman–Crippen LogP) is 3.76. The molecule has 4 rings (SSSR count). The van der Waals surface area contributed by atoms with Crippen molar-refractivity contribution in [2.24, 2.45) is 0 Å². The van der Waals surface area contributed by atoms with E-state index in [1.807, 2.05) is 20.8 Å². The van der Waals surface area contributed by atoms with Crippen LogP contribution >= 0.6 is 11.3 Å². The average Bonchev–Trinajstić information content (AvgIpc) is 3.28. The zero-order valence-corrected chi connectivity index (χ0v) is 19.3. The summed E-state index contributed by atoms with van der Waals surface area (Å²) < 4.78 is 14.6. The number of nitrogen functional groups attached to an aromatic ring is 1. The Morgan fingerprint density at radius 2 is 1.97 bits per heavy atom. The van der Waals surface area contributed by atoms with Gasteiger partial charge in [-0.1, -0.05) is 0 Å². The highest BCUT2D eigenvalue weighted by Crippen LogP contribution is 2.31. The van der Waals surface area contributed by atoms with Gasteiger partial charge in [0.2, 0.25) is 0 Å². The van der Waals surface area contributed by atoms with Crippen molar-refractivity contribution in [3.05, 3.63) is 63.3 Å². The lowest BCUT2D eigenvalue weighted by molar-refractivity contribution is 0.0957. The first-order chi connectivity index (χ1) is 15.8. The van der Waals surface area contributed by atoms with E-state index in [1.165, 1.54) is 28.2 Å². The van der Waals surface area contributed by atoms with Crippen LogP contribution in [0, 0.1) is 37.9 Å². The molecule has 0 spiro atoms. The van der Waals surface area contributed by atoms with Gasteiger partial charge in [0, 0.05) is 17.6 Å². The second kappa shape index (κ2) is 8.96. The lowest BCUT2D eigenvalue weighted by Gasteiger charge is -2.04. The number of nitrogens with one attached hydrogen (secondary N) is 1. The fourth-order valence-electron chi connectivity index (χ4n) is 3.78. The van der Waals surface area contributed by atoms with E-state index in [9.17, 15) is 14.4 Å². The minimum Gasteiger partial charge on any atom is -0.382 e. The van der Waals surface area contributed by atoms with Gasteiger partial charge in [-0.25, -0.2) is 19.0 Å². The monoisotopic (exact) mass is 463 g/mol. The molecule has 0 fully saturated rings. The lowest BCUT2D eigenvalue weighted by Crippen LogP contribution is -2.24. The standard InChI is InChI=1S/C23H22FN7OS/c1-12-19-13(2)28-14(3)29-23(19)33-20(12)22(32)27-10-4-5-18-17(11-25)21(26)31(30-18)16-8-6-15(24)7-9-16/h6-9H,4-5,10,26H2,1-3H3,(H,27,32). The van der Waals surface area contributed by atoms with Gasteiger partial charge in [-0.2, -0.15) is 10.4 Å². The molecule has 8 nitrogen and oxygen atoms in total. The van der Waals surface area contributed by atoms with Crippen molar-refractivity contribution in [3.63, 3.8) is 0 Å². The number of carbonyl (C=O) groups excluding carboxylic acids is 1. The number of nitrogens with two attached hydrogens (primary N) is 1. The normalized spacial score (nSPS) is 11.0. The molecule has 0 aliphatic carbocycles. The Morgan fingerprint density at radius 3 is 2.67 bits per heavy atom. The fraction of sp³-hybridized carbons (Fsp3) is 0.261. The van der Waals surface area contributed by atoms with Gasteiger partial charge in [0.25, 0.3) is 5.91 Å². The molecule has 0 bridgehead atoms. The van der Waals surface area contributed by atoms with Crippen LogP contribution in [0.1, 0.15) is 44.4 Å². The maximum atomic E-state index is 13.2. The molecule has 10 heteroatoms. The van der Waals surface area contributed by atoms with Gasteiger partial charge in [0.15, 0.2) is 0 Å². The lowest BCUT2D eigenvalue weighted by atomic mass is 10.1. The summed E-state index contributed by atoms with van der Waals surface area (Å²) >= 11 is 1.36. The van der Waals surface area contributed by atoms with E-state index in [0.717, 1.165) is 21.5 Å². The molecule has 0 unspecified atom stereocenters. The number of amides is 1. The van der Waals surface area contributed by atoms with E-state index in [4.69, 9.17) is 5.73 Å². The average molecular weight is 464 g/mol. The summed E-state index contributed by atoms with van der Waals surface area (Å²) in [5.74, 6) is 0.355. The van der Waals surface area contributed by atoms with Gasteiger partial charge in [0.05, 0.1) is 16.3 Å². The first-order valence-electron chi connectivity index (χ1n) is 10.4. The molecule has 0 atom stereocenters. The second-order valence-corrected chi connectivity index (χ2v) is 8.66. The number of benzene rings is 1. The summed E-state index contributed by atoms with van der Waals surface area (Å²) in [4.78, 5) is 23.0. The van der Waals surface area contributed by atoms with Gasteiger partial charge >= 0.3 is 0 Å². The first-order valence-corrected chi connectivity index (χ1v) is 11.2. The van der Waals surface area contributed by atoms with Crippen molar-refractivity contribution in [2.75, 3.05) is 12.3 Å². The number of hydrogen-bond acceptors (Lipinski definition) is 7. The van der Waals surface area contributed by atoms with Crippen LogP contribution in [0.3, 0.4) is 0 Å². The minimum atomic E-state index is -0.368. The topological polar surface area (TPSA) is 123 Å². The zero-order chi connectivity index (χ0) is 23.7. The molecule has 168 valence electrons. The van der Waals surface area contributed by atoms with Crippen molar-refractivity contribution in [1.29, 1.82) is 5.26 Å². The van der Waals surface area contributed by atoms with Crippen molar-refractivity contribution in [1.82, 2.24) is 25.1 Å². The molecule has 4 aromatic rings. The molecule has 0 saturated carbocycles. The van der Waals surface area contributed by atoms with Gasteiger partial charge in [-0.05, 0) is 63.4 Å². The van der Waals surface area contributed by atoms with Crippen LogP contribution in [0.5, 0.6) is 0 Å². The summed E-state index contributed by atoms with van der Waals surface area (Å²) in [5.41, 5.74) is 9.23. The summed E-state index contributed by atoms with van der Waals surface area (Å²) in [6.45, 7) is 6.07. The Hall–Kier alpha value is -3.84. The van der Waals surface area contributed by atoms with Crippen molar-refractivity contribution in [2.45, 2.75) is 33.6 Å². The zero-order valence-electron chi connectivity index (χ0n) is 18.4. The van der Waals surface area contributed by atoms with Crippen molar-refractivity contribution < 1.29 is 9.18 Å². The summed E-state index contributed by atoms with van der Waals surface area (Å²) in [7, 11) is 0. The molecule has 1 aromatic carbocycles. The third-order valence-electron chi connectivity index (χ3n) is 5.34. The first kappa shape index (κ1) is 22.4. The second-order valence-electron chi connectivity index (χ2n) is 7.66. The smallest absolute Gasteiger partial charge is 0.261 e. The van der Waals surface area contributed by atoms with Crippen molar-refractivity contribution in [3.8, 4) is 11.8 Å². The van der Waals surface area contributed by atoms with Crippen LogP contribution in [0.2, 0.25) is 0 Å². The van der Waals surface area contributed by atoms with E-state index in [1.54, 1.807) is 12.1 Å². The Balaban J connectivity index is 1.44. The minimum absolute atomic E-state index is 0.163. The summed E-state index contributed by atoms with van der Waals surface area (Å²) in [5, 5.41) is 17.8. The number of hydrogen-bond donors (Lipinski definition) is 2. The Bertz CT molecular complexity index is 1400. The molecule has 0 radical (unpaired) electrons. The van der Waals surface area contributed by atoms with Gasteiger partial charge in [-0.15, -0.1) is 11.3 Å². The van der Waals surface area contributed by atoms with Gasteiger partial charge in [-0.3, -0.25) is 4.79 Å². The highest BCUT2D eigenvalue weighted by atomic mass is 32.1. The maximum Gasteiger partial charge on any atom is 0.261 e. The van der Waals surface area contributed by atoms with Crippen LogP contribution in [0.4, 0.5) is 10.2 Å². The fourth-order valence-corrected chi connectivity index (χ4v) is 4.98. The van der Waals surface area contributed by atoms with Gasteiger partial charge in [0.1, 0.15) is 33.9 Å². The van der Waals surface area contributed by atoms with E-state index in [0.29, 0.717) is 41.5 Å². The number of aryl methyl sites for hydroxylation is 4. The molecule has 0 saturated heterocycles. The Labute approximate surface area is 193 Å². The molecular weight excluding hydrogens is 441 g/mol. The van der Waals surface area contributed by atoms with E-state index >= 15 is 0 Å². The summed E-state index contributed by atoms with van der Waals surface area (Å²) in [6.07, 6.45) is 1.03. The van der Waals surface area contributed by atoms with Crippen LogP contribution in [-0.4, -0.2) is 32.2 Å². The molecule has 0 aliphatic rings. The molecule has 3 N–H and O–H groups in total. The van der Waals surface area contributed by atoms with Crippen LogP contribution in [0.25, 0.3) is 15.9 Å². The van der Waals surface area contributed by atoms with E-state index < -0.39 is 0 Å². The van der Waals surface area contributed by atoms with Crippen LogP contribution in [0.15, 0.2) is 24.3 Å². The van der Waals surface area contributed by atoms with E-state index in [-0.39, 0.29) is 23.1 Å². The number of fused-ring (bicyclic) bond motifs is 1. The molecule has 3 aromatic heterocycles. The molecule has 33 heavy (non-hydrogen) atoms. The third kappa shape index (κ3) is 4.27. The van der Waals surface area contributed by atoms with Crippen LogP contribution in [-0.2, 0) is 6.42 Å². The quantitative estimate of drug-likeness (QED) is 0.420. The number of halogens is 1. The number of rotatable bonds is 6. The van der Waals surface area contributed by atoms with Crippen LogP contribution < -0.4 is 11.1 Å². The number of nitrogens with zero attached hydrogens (tertiary/aromatic N) is 5.